The molecule has 160 valence electrons. The molecule has 6 heteroatoms. The highest BCUT2D eigenvalue weighted by Gasteiger charge is 2.72. The van der Waals surface area contributed by atoms with Gasteiger partial charge < -0.3 is 4.90 Å². The van der Waals surface area contributed by atoms with E-state index in [-0.39, 0.29) is 11.8 Å². The molecule has 3 aromatic rings. The first kappa shape index (κ1) is 20.2. The van der Waals surface area contributed by atoms with E-state index < -0.39 is 20.5 Å². The molecule has 0 unspecified atom stereocenters. The molecule has 1 saturated heterocycles. The van der Waals surface area contributed by atoms with Gasteiger partial charge >= 0.3 is 0 Å². The predicted molar refractivity (Wildman–Crippen MR) is 133 cm³/mol. The average molecular weight is 552 g/mol. The van der Waals surface area contributed by atoms with Crippen molar-refractivity contribution in [3.05, 3.63) is 95.1 Å². The van der Waals surface area contributed by atoms with Crippen LogP contribution in [-0.4, -0.2) is 25.9 Å². The first-order chi connectivity index (χ1) is 15.3. The Morgan fingerprint density at radius 2 is 1.06 bits per heavy atom. The Labute approximate surface area is 203 Å². The maximum atomic E-state index is 14.0. The molecule has 4 aliphatic rings. The number of hydrogen-bond donors (Lipinski definition) is 0. The SMILES string of the molecule is CN(C)c1ccc(N2C(=O)[C@@H]3[C@H](C2=O)C2(Br)c4ccccc4C3(Br)c3ccccc32)cc1. The minimum atomic E-state index is -0.758. The van der Waals surface area contributed by atoms with Gasteiger partial charge in [-0.1, -0.05) is 80.4 Å². The van der Waals surface area contributed by atoms with Gasteiger partial charge in [-0.05, 0) is 46.5 Å². The molecule has 0 spiro atoms. The lowest BCUT2D eigenvalue weighted by molar-refractivity contribution is -0.122. The van der Waals surface area contributed by atoms with Gasteiger partial charge in [-0.3, -0.25) is 9.59 Å². The second-order valence-corrected chi connectivity index (χ2v) is 11.4. The van der Waals surface area contributed by atoms with Crippen LogP contribution in [0.3, 0.4) is 0 Å². The highest BCUT2D eigenvalue weighted by atomic mass is 79.9. The van der Waals surface area contributed by atoms with Crippen molar-refractivity contribution >= 4 is 55.0 Å². The van der Waals surface area contributed by atoms with E-state index in [1.165, 1.54) is 4.90 Å². The number of benzene rings is 3. The number of hydrogen-bond acceptors (Lipinski definition) is 3. The van der Waals surface area contributed by atoms with E-state index in [1.54, 1.807) is 0 Å². The molecule has 1 aliphatic heterocycles. The standard InChI is InChI=1S/C26H20Br2N2O2/c1-29(2)15-11-13-16(14-12-15)30-23(31)21-22(24(30)32)26(28)18-8-4-3-7-17(18)25(21,27)19-9-5-6-10-20(19)26/h3-14,21-22H,1-2H3/t21-,22+,25?,26?. The molecule has 0 N–H and O–H groups in total. The summed E-state index contributed by atoms with van der Waals surface area (Å²) in [6.45, 7) is 0. The van der Waals surface area contributed by atoms with Crippen molar-refractivity contribution in [2.24, 2.45) is 11.8 Å². The van der Waals surface area contributed by atoms with Crippen molar-refractivity contribution in [3.63, 3.8) is 0 Å². The Kier molecular flexibility index (Phi) is 4.13. The quantitative estimate of drug-likeness (QED) is 0.326. The summed E-state index contributed by atoms with van der Waals surface area (Å²) in [6.07, 6.45) is 0. The number of amides is 2. The summed E-state index contributed by atoms with van der Waals surface area (Å²) in [5, 5.41) is 0. The summed E-state index contributed by atoms with van der Waals surface area (Å²) in [5.41, 5.74) is 5.80. The maximum absolute atomic E-state index is 14.0. The highest BCUT2D eigenvalue weighted by Crippen LogP contribution is 2.70. The molecule has 2 amide bonds. The van der Waals surface area contributed by atoms with Gasteiger partial charge in [-0.25, -0.2) is 4.90 Å². The molecule has 1 fully saturated rings. The fraction of sp³-hybridized carbons (Fsp3) is 0.231. The molecule has 3 aliphatic carbocycles. The lowest BCUT2D eigenvalue weighted by Gasteiger charge is -2.55. The highest BCUT2D eigenvalue weighted by molar-refractivity contribution is 9.10. The van der Waals surface area contributed by atoms with Gasteiger partial charge in [0.05, 0.1) is 26.2 Å². The number of rotatable bonds is 2. The lowest BCUT2D eigenvalue weighted by Crippen LogP contribution is -2.56. The summed E-state index contributed by atoms with van der Waals surface area (Å²) in [7, 11) is 3.93. The Bertz CT molecular complexity index is 1180. The number of carbonyl (C=O) groups excluding carboxylic acids is 2. The van der Waals surface area contributed by atoms with Crippen LogP contribution in [0.4, 0.5) is 11.4 Å². The zero-order chi connectivity index (χ0) is 22.4. The number of imide groups is 1. The van der Waals surface area contributed by atoms with Gasteiger partial charge in [0.15, 0.2) is 0 Å². The zero-order valence-electron chi connectivity index (χ0n) is 17.5. The number of nitrogens with zero attached hydrogens (tertiary/aromatic N) is 2. The molecule has 2 atom stereocenters. The Morgan fingerprint density at radius 3 is 1.41 bits per heavy atom. The van der Waals surface area contributed by atoms with Gasteiger partial charge in [0.1, 0.15) is 0 Å². The third kappa shape index (κ3) is 2.22. The average Bonchev–Trinajstić information content (AvgIpc) is 3.08. The van der Waals surface area contributed by atoms with Crippen molar-refractivity contribution in [1.82, 2.24) is 0 Å². The summed E-state index contributed by atoms with van der Waals surface area (Å²) in [6, 6.07) is 23.8. The van der Waals surface area contributed by atoms with E-state index >= 15 is 0 Å². The molecule has 32 heavy (non-hydrogen) atoms. The van der Waals surface area contributed by atoms with E-state index in [0.717, 1.165) is 27.9 Å². The minimum absolute atomic E-state index is 0.165. The van der Waals surface area contributed by atoms with Gasteiger partial charge in [-0.2, -0.15) is 0 Å². The van der Waals surface area contributed by atoms with Gasteiger partial charge in [0.2, 0.25) is 11.8 Å². The third-order valence-electron chi connectivity index (χ3n) is 7.21. The number of carbonyl (C=O) groups is 2. The van der Waals surface area contributed by atoms with Crippen molar-refractivity contribution in [3.8, 4) is 0 Å². The van der Waals surface area contributed by atoms with Gasteiger partial charge in [-0.15, -0.1) is 0 Å². The van der Waals surface area contributed by atoms with Crippen LogP contribution in [-0.2, 0) is 18.2 Å². The fourth-order valence-electron chi connectivity index (χ4n) is 5.82. The molecule has 0 aromatic heterocycles. The van der Waals surface area contributed by atoms with Crippen LogP contribution in [0.2, 0.25) is 0 Å². The van der Waals surface area contributed by atoms with Gasteiger partial charge in [0.25, 0.3) is 0 Å². The summed E-state index contributed by atoms with van der Waals surface area (Å²) in [4.78, 5) is 31.3. The molecule has 4 nitrogen and oxygen atoms in total. The minimum Gasteiger partial charge on any atom is -0.378 e. The van der Waals surface area contributed by atoms with Crippen LogP contribution in [0.15, 0.2) is 72.8 Å². The molecule has 0 saturated carbocycles. The van der Waals surface area contributed by atoms with E-state index in [1.807, 2.05) is 67.5 Å². The second kappa shape index (κ2) is 6.55. The summed E-state index contributed by atoms with van der Waals surface area (Å²) >= 11 is 8.07. The van der Waals surface area contributed by atoms with E-state index in [0.29, 0.717) is 5.69 Å². The van der Waals surface area contributed by atoms with E-state index in [4.69, 9.17) is 0 Å². The molecule has 3 aromatic carbocycles. The monoisotopic (exact) mass is 550 g/mol. The van der Waals surface area contributed by atoms with Crippen LogP contribution in [0.25, 0.3) is 0 Å². The Balaban J connectivity index is 1.59. The molecule has 0 radical (unpaired) electrons. The van der Waals surface area contributed by atoms with Gasteiger partial charge in [0, 0.05) is 19.8 Å². The molecule has 1 heterocycles. The van der Waals surface area contributed by atoms with E-state index in [9.17, 15) is 9.59 Å². The number of anilines is 2. The molecule has 7 rings (SSSR count). The van der Waals surface area contributed by atoms with Crippen molar-refractivity contribution < 1.29 is 9.59 Å². The van der Waals surface area contributed by atoms with E-state index in [2.05, 4.69) is 56.1 Å². The normalized spacial score (nSPS) is 29.6. The summed E-state index contributed by atoms with van der Waals surface area (Å²) < 4.78 is -1.52. The van der Waals surface area contributed by atoms with Crippen molar-refractivity contribution in [2.45, 2.75) is 8.65 Å². The molecular formula is C26H20Br2N2O2. The first-order valence-electron chi connectivity index (χ1n) is 10.5. The fourth-order valence-corrected chi connectivity index (χ4v) is 8.12. The second-order valence-electron chi connectivity index (χ2n) is 8.89. The maximum Gasteiger partial charge on any atom is 0.239 e. The van der Waals surface area contributed by atoms with Crippen LogP contribution in [0, 0.1) is 11.8 Å². The Hall–Kier alpha value is -2.44. The van der Waals surface area contributed by atoms with Crippen LogP contribution >= 0.6 is 31.9 Å². The smallest absolute Gasteiger partial charge is 0.239 e. The van der Waals surface area contributed by atoms with Crippen LogP contribution in [0.1, 0.15) is 22.3 Å². The van der Waals surface area contributed by atoms with Crippen molar-refractivity contribution in [2.75, 3.05) is 23.9 Å². The third-order valence-corrected chi connectivity index (χ3v) is 9.90. The largest absolute Gasteiger partial charge is 0.378 e. The summed E-state index contributed by atoms with van der Waals surface area (Å²) in [5.74, 6) is -1.43. The topological polar surface area (TPSA) is 40.6 Å². The van der Waals surface area contributed by atoms with Crippen LogP contribution in [0.5, 0.6) is 0 Å². The van der Waals surface area contributed by atoms with Crippen molar-refractivity contribution in [1.29, 1.82) is 0 Å². The number of halogens is 2. The lowest BCUT2D eigenvalue weighted by atomic mass is 9.54. The molecule has 2 bridgehead atoms. The molecular weight excluding hydrogens is 532 g/mol. The zero-order valence-corrected chi connectivity index (χ0v) is 20.7. The number of alkyl halides is 2. The van der Waals surface area contributed by atoms with Crippen LogP contribution < -0.4 is 9.80 Å². The Morgan fingerprint density at radius 1 is 0.688 bits per heavy atom. The first-order valence-corrected chi connectivity index (χ1v) is 12.1. The predicted octanol–water partition coefficient (Wildman–Crippen LogP) is 5.16.